The summed E-state index contributed by atoms with van der Waals surface area (Å²) in [4.78, 5) is 16.5. The Labute approximate surface area is 120 Å². The van der Waals surface area contributed by atoms with Crippen LogP contribution in [-0.2, 0) is 6.54 Å². The molecule has 0 aromatic carbocycles. The number of rotatable bonds is 3. The van der Waals surface area contributed by atoms with Gasteiger partial charge in [0.05, 0.1) is 12.2 Å². The highest BCUT2D eigenvalue weighted by Gasteiger charge is 2.37. The van der Waals surface area contributed by atoms with E-state index in [9.17, 15) is 4.79 Å². The minimum atomic E-state index is 0.0941. The van der Waals surface area contributed by atoms with Crippen LogP contribution in [0.5, 0.6) is 0 Å². The Morgan fingerprint density at radius 2 is 1.95 bits per heavy atom. The van der Waals surface area contributed by atoms with Crippen LogP contribution < -0.4 is 0 Å². The van der Waals surface area contributed by atoms with E-state index < -0.39 is 0 Å². The lowest BCUT2D eigenvalue weighted by Gasteiger charge is -2.28. The molecule has 1 aromatic heterocycles. The first-order valence-electron chi connectivity index (χ1n) is 7.93. The lowest BCUT2D eigenvalue weighted by molar-refractivity contribution is 0.0681. The quantitative estimate of drug-likeness (QED) is 0.852. The zero-order chi connectivity index (χ0) is 14.1. The lowest BCUT2D eigenvalue weighted by atomic mass is 9.96. The van der Waals surface area contributed by atoms with Crippen LogP contribution in [-0.4, -0.2) is 38.4 Å². The van der Waals surface area contributed by atoms with Crippen molar-refractivity contribution in [3.05, 3.63) is 11.4 Å². The molecule has 1 aliphatic heterocycles. The summed E-state index contributed by atoms with van der Waals surface area (Å²) in [6, 6.07) is 0.441. The van der Waals surface area contributed by atoms with Crippen LogP contribution in [0, 0.1) is 12.8 Å². The van der Waals surface area contributed by atoms with Crippen molar-refractivity contribution in [2.45, 2.75) is 65.0 Å². The maximum Gasteiger partial charge on any atom is 0.276 e. The van der Waals surface area contributed by atoms with Gasteiger partial charge in [-0.3, -0.25) is 4.79 Å². The predicted molar refractivity (Wildman–Crippen MR) is 76.4 cm³/mol. The molecule has 2 aliphatic rings. The second kappa shape index (κ2) is 5.54. The average Bonchev–Trinajstić information content (AvgIpc) is 3.17. The molecule has 3 rings (SSSR count). The lowest BCUT2D eigenvalue weighted by Crippen LogP contribution is -2.39. The highest BCUT2D eigenvalue weighted by Crippen LogP contribution is 2.36. The van der Waals surface area contributed by atoms with E-state index in [0.717, 1.165) is 25.1 Å². The number of nitrogens with zero attached hydrogens (tertiary/aromatic N) is 4. The Kier molecular flexibility index (Phi) is 3.76. The third-order valence-corrected chi connectivity index (χ3v) is 4.81. The van der Waals surface area contributed by atoms with Crippen LogP contribution in [0.3, 0.4) is 0 Å². The second-order valence-electron chi connectivity index (χ2n) is 6.08. The minimum absolute atomic E-state index is 0.0941. The van der Waals surface area contributed by atoms with Gasteiger partial charge in [-0.2, -0.15) is 9.90 Å². The maximum absolute atomic E-state index is 12.8. The normalized spacial score (nSPS) is 23.7. The fourth-order valence-electron chi connectivity index (χ4n) is 3.78. The van der Waals surface area contributed by atoms with Crippen molar-refractivity contribution in [3.8, 4) is 0 Å². The number of carbonyl (C=O) groups excluding carboxylic acids is 1. The van der Waals surface area contributed by atoms with Gasteiger partial charge in [0, 0.05) is 12.6 Å². The standard InChI is InChI=1S/C15H24N4O/c1-3-19-16-11(2)14(17-19)15(20)18-10-6-9-13(18)12-7-4-5-8-12/h12-13H,3-10H2,1-2H3. The Hall–Kier alpha value is -1.39. The molecule has 1 saturated carbocycles. The van der Waals surface area contributed by atoms with Crippen molar-refractivity contribution in [1.82, 2.24) is 19.9 Å². The maximum atomic E-state index is 12.8. The minimum Gasteiger partial charge on any atom is -0.334 e. The molecule has 0 spiro atoms. The molecule has 0 bridgehead atoms. The van der Waals surface area contributed by atoms with E-state index in [4.69, 9.17) is 0 Å². The molecule has 1 unspecified atom stereocenters. The van der Waals surface area contributed by atoms with Crippen molar-refractivity contribution in [2.24, 2.45) is 5.92 Å². The summed E-state index contributed by atoms with van der Waals surface area (Å²) in [6.07, 6.45) is 7.53. The Bertz CT molecular complexity index is 490. The molecule has 110 valence electrons. The summed E-state index contributed by atoms with van der Waals surface area (Å²) < 4.78 is 0. The first-order chi connectivity index (χ1) is 9.70. The molecule has 5 heteroatoms. The van der Waals surface area contributed by atoms with Crippen molar-refractivity contribution in [1.29, 1.82) is 0 Å². The van der Waals surface area contributed by atoms with Crippen LogP contribution in [0.4, 0.5) is 0 Å². The number of carbonyl (C=O) groups is 1. The molecule has 5 nitrogen and oxygen atoms in total. The Balaban J connectivity index is 1.79. The molecule has 0 radical (unpaired) electrons. The Morgan fingerprint density at radius 3 is 2.60 bits per heavy atom. The summed E-state index contributed by atoms with van der Waals surface area (Å²) in [7, 11) is 0. The summed E-state index contributed by atoms with van der Waals surface area (Å²) >= 11 is 0. The highest BCUT2D eigenvalue weighted by molar-refractivity contribution is 5.93. The fourth-order valence-corrected chi connectivity index (χ4v) is 3.78. The number of aromatic nitrogens is 3. The molecular weight excluding hydrogens is 252 g/mol. The van der Waals surface area contributed by atoms with Gasteiger partial charge in [-0.15, -0.1) is 5.10 Å². The summed E-state index contributed by atoms with van der Waals surface area (Å²) in [5, 5.41) is 8.65. The van der Waals surface area contributed by atoms with Gasteiger partial charge in [0.15, 0.2) is 5.69 Å². The molecule has 1 aromatic rings. The van der Waals surface area contributed by atoms with Gasteiger partial charge in [0.25, 0.3) is 5.91 Å². The third-order valence-electron chi connectivity index (χ3n) is 4.81. The van der Waals surface area contributed by atoms with E-state index in [1.807, 2.05) is 13.8 Å². The van der Waals surface area contributed by atoms with E-state index in [2.05, 4.69) is 15.1 Å². The van der Waals surface area contributed by atoms with Crippen LogP contribution in [0.25, 0.3) is 0 Å². The van der Waals surface area contributed by atoms with Gasteiger partial charge in [-0.25, -0.2) is 0 Å². The largest absolute Gasteiger partial charge is 0.334 e. The van der Waals surface area contributed by atoms with Crippen LogP contribution in [0.15, 0.2) is 0 Å². The fraction of sp³-hybridized carbons (Fsp3) is 0.800. The highest BCUT2D eigenvalue weighted by atomic mass is 16.2. The summed E-state index contributed by atoms with van der Waals surface area (Å²) in [5.41, 5.74) is 1.31. The van der Waals surface area contributed by atoms with Gasteiger partial charge in [0.2, 0.25) is 0 Å². The van der Waals surface area contributed by atoms with Crippen molar-refractivity contribution in [3.63, 3.8) is 0 Å². The van der Waals surface area contributed by atoms with E-state index in [1.165, 1.54) is 25.7 Å². The smallest absolute Gasteiger partial charge is 0.276 e. The summed E-state index contributed by atoms with van der Waals surface area (Å²) in [6.45, 7) is 5.47. The molecule has 2 fully saturated rings. The van der Waals surface area contributed by atoms with Crippen LogP contribution in [0.2, 0.25) is 0 Å². The summed E-state index contributed by atoms with van der Waals surface area (Å²) in [5.74, 6) is 0.805. The second-order valence-corrected chi connectivity index (χ2v) is 6.08. The molecule has 1 saturated heterocycles. The topological polar surface area (TPSA) is 51.0 Å². The third kappa shape index (κ3) is 2.34. The first-order valence-corrected chi connectivity index (χ1v) is 7.93. The number of hydrogen-bond donors (Lipinski definition) is 0. The molecule has 1 aliphatic carbocycles. The first kappa shape index (κ1) is 13.6. The molecule has 1 atom stereocenters. The Morgan fingerprint density at radius 1 is 1.20 bits per heavy atom. The number of amides is 1. The van der Waals surface area contributed by atoms with Crippen LogP contribution >= 0.6 is 0 Å². The monoisotopic (exact) mass is 276 g/mol. The number of likely N-dealkylation sites (tertiary alicyclic amines) is 1. The SMILES string of the molecule is CCn1nc(C)c(C(=O)N2CCCC2C2CCCC2)n1. The van der Waals surface area contributed by atoms with Gasteiger partial charge >= 0.3 is 0 Å². The van der Waals surface area contributed by atoms with Gasteiger partial charge in [-0.1, -0.05) is 12.8 Å². The molecular formula is C15H24N4O. The number of aryl methyl sites for hydroxylation is 2. The van der Waals surface area contributed by atoms with E-state index in [-0.39, 0.29) is 5.91 Å². The van der Waals surface area contributed by atoms with Gasteiger partial charge in [-0.05, 0) is 45.4 Å². The molecule has 20 heavy (non-hydrogen) atoms. The zero-order valence-corrected chi connectivity index (χ0v) is 12.5. The van der Waals surface area contributed by atoms with E-state index in [1.54, 1.807) is 4.80 Å². The molecule has 1 amide bonds. The average molecular weight is 276 g/mol. The van der Waals surface area contributed by atoms with E-state index in [0.29, 0.717) is 24.2 Å². The predicted octanol–water partition coefficient (Wildman–Crippen LogP) is 2.40. The molecule has 0 N–H and O–H groups in total. The molecule has 2 heterocycles. The zero-order valence-electron chi connectivity index (χ0n) is 12.5. The van der Waals surface area contributed by atoms with Crippen LogP contribution in [0.1, 0.15) is 61.6 Å². The number of hydrogen-bond acceptors (Lipinski definition) is 3. The van der Waals surface area contributed by atoms with Crippen molar-refractivity contribution < 1.29 is 4.79 Å². The van der Waals surface area contributed by atoms with Crippen molar-refractivity contribution >= 4 is 5.91 Å². The van der Waals surface area contributed by atoms with Gasteiger partial charge < -0.3 is 4.90 Å². The van der Waals surface area contributed by atoms with Crippen molar-refractivity contribution in [2.75, 3.05) is 6.54 Å². The van der Waals surface area contributed by atoms with Gasteiger partial charge in [0.1, 0.15) is 0 Å². The van der Waals surface area contributed by atoms with E-state index >= 15 is 0 Å².